The van der Waals surface area contributed by atoms with Crippen molar-refractivity contribution in [2.75, 3.05) is 7.11 Å². The van der Waals surface area contributed by atoms with Gasteiger partial charge in [0.1, 0.15) is 6.04 Å². The smallest absolute Gasteiger partial charge is 0.321 e. The van der Waals surface area contributed by atoms with Gasteiger partial charge in [-0.3, -0.25) is 14.9 Å². The van der Waals surface area contributed by atoms with Crippen LogP contribution in [0.4, 0.5) is 10.1 Å². The Kier molecular flexibility index (Phi) is 4.80. The maximum absolute atomic E-state index is 13.7. The standard InChI is InChI=1S/C10H11FN2O7S/c1-5(10(14)15)12-21(18,19)6-3-7(11)9(20-2)8(4-6)13(16)17/h3-5,12H,1-2H3,(H,14,15). The van der Waals surface area contributed by atoms with Gasteiger partial charge in [0.2, 0.25) is 15.8 Å². The fourth-order valence-corrected chi connectivity index (χ4v) is 2.63. The summed E-state index contributed by atoms with van der Waals surface area (Å²) in [6.07, 6.45) is 0. The topological polar surface area (TPSA) is 136 Å². The highest BCUT2D eigenvalue weighted by atomic mass is 32.2. The average molecular weight is 322 g/mol. The first-order valence-electron chi connectivity index (χ1n) is 5.37. The third kappa shape index (κ3) is 3.64. The van der Waals surface area contributed by atoms with Gasteiger partial charge in [0.05, 0.1) is 16.9 Å². The van der Waals surface area contributed by atoms with Crippen LogP contribution in [0.15, 0.2) is 17.0 Å². The minimum absolute atomic E-state index is 0.503. The number of carboxylic acids is 1. The molecule has 0 heterocycles. The lowest BCUT2D eigenvalue weighted by Crippen LogP contribution is -2.38. The SMILES string of the molecule is COc1c(F)cc(S(=O)(=O)NC(C)C(=O)O)cc1[N+](=O)[O-]. The number of rotatable bonds is 6. The van der Waals surface area contributed by atoms with E-state index in [1.165, 1.54) is 0 Å². The van der Waals surface area contributed by atoms with Gasteiger partial charge in [-0.1, -0.05) is 0 Å². The zero-order valence-electron chi connectivity index (χ0n) is 10.9. The Morgan fingerprint density at radius 2 is 2.10 bits per heavy atom. The van der Waals surface area contributed by atoms with Crippen molar-refractivity contribution in [3.05, 3.63) is 28.1 Å². The molecule has 0 aliphatic rings. The molecule has 0 saturated heterocycles. The maximum atomic E-state index is 13.7. The van der Waals surface area contributed by atoms with Gasteiger partial charge in [0.25, 0.3) is 0 Å². The molecule has 0 spiro atoms. The number of nitrogens with one attached hydrogen (secondary N) is 1. The molecule has 116 valence electrons. The summed E-state index contributed by atoms with van der Waals surface area (Å²) < 4.78 is 43.6. The summed E-state index contributed by atoms with van der Waals surface area (Å²) in [5, 5.41) is 19.4. The number of methoxy groups -OCH3 is 1. The molecule has 1 atom stereocenters. The fourth-order valence-electron chi connectivity index (χ4n) is 1.40. The second-order valence-electron chi connectivity index (χ2n) is 3.90. The molecular formula is C10H11FN2O7S. The van der Waals surface area contributed by atoms with Gasteiger partial charge in [-0.2, -0.15) is 4.72 Å². The van der Waals surface area contributed by atoms with Crippen molar-refractivity contribution < 1.29 is 32.4 Å². The number of sulfonamides is 1. The Bertz CT molecular complexity index is 689. The minimum atomic E-state index is -4.44. The van der Waals surface area contributed by atoms with Gasteiger partial charge in [-0.15, -0.1) is 0 Å². The zero-order chi connectivity index (χ0) is 16.4. The molecule has 21 heavy (non-hydrogen) atoms. The van der Waals surface area contributed by atoms with E-state index in [4.69, 9.17) is 5.11 Å². The van der Waals surface area contributed by atoms with Gasteiger partial charge < -0.3 is 9.84 Å². The van der Waals surface area contributed by atoms with Gasteiger partial charge in [0.15, 0.2) is 5.82 Å². The second kappa shape index (κ2) is 6.01. The monoisotopic (exact) mass is 322 g/mol. The minimum Gasteiger partial charge on any atom is -0.488 e. The molecule has 0 aliphatic carbocycles. The van der Waals surface area contributed by atoms with E-state index in [9.17, 15) is 27.7 Å². The van der Waals surface area contributed by atoms with Crippen LogP contribution in [-0.4, -0.2) is 37.6 Å². The van der Waals surface area contributed by atoms with Crippen LogP contribution in [0.25, 0.3) is 0 Å². The number of hydrogen-bond donors (Lipinski definition) is 2. The summed E-state index contributed by atoms with van der Waals surface area (Å²) in [6.45, 7) is 1.05. The predicted molar refractivity (Wildman–Crippen MR) is 67.0 cm³/mol. The van der Waals surface area contributed by atoms with Crippen LogP contribution in [0, 0.1) is 15.9 Å². The summed E-state index contributed by atoms with van der Waals surface area (Å²) in [5.74, 6) is -3.43. The Labute approximate surface area is 118 Å². The van der Waals surface area contributed by atoms with Crippen molar-refractivity contribution in [3.8, 4) is 5.75 Å². The largest absolute Gasteiger partial charge is 0.488 e. The summed E-state index contributed by atoms with van der Waals surface area (Å²) >= 11 is 0. The first-order chi connectivity index (χ1) is 9.60. The van der Waals surface area contributed by atoms with E-state index in [0.717, 1.165) is 14.0 Å². The molecule has 0 aromatic heterocycles. The van der Waals surface area contributed by atoms with Crippen molar-refractivity contribution >= 4 is 21.7 Å². The summed E-state index contributed by atoms with van der Waals surface area (Å²) in [5.41, 5.74) is -0.888. The quantitative estimate of drug-likeness (QED) is 0.574. The molecule has 9 nitrogen and oxygen atoms in total. The third-order valence-electron chi connectivity index (χ3n) is 2.41. The van der Waals surface area contributed by atoms with E-state index in [0.29, 0.717) is 12.1 Å². The van der Waals surface area contributed by atoms with E-state index in [1.807, 2.05) is 0 Å². The normalized spacial score (nSPS) is 12.7. The Hall–Kier alpha value is -2.27. The van der Waals surface area contributed by atoms with Crippen LogP contribution in [0.3, 0.4) is 0 Å². The molecule has 0 bridgehead atoms. The summed E-state index contributed by atoms with van der Waals surface area (Å²) in [4.78, 5) is 19.6. The number of nitro groups is 1. The van der Waals surface area contributed by atoms with E-state index in [-0.39, 0.29) is 0 Å². The lowest BCUT2D eigenvalue weighted by molar-refractivity contribution is -0.386. The van der Waals surface area contributed by atoms with Crippen molar-refractivity contribution in [2.24, 2.45) is 0 Å². The second-order valence-corrected chi connectivity index (χ2v) is 5.61. The van der Waals surface area contributed by atoms with Gasteiger partial charge >= 0.3 is 11.7 Å². The van der Waals surface area contributed by atoms with E-state index in [1.54, 1.807) is 4.72 Å². The Morgan fingerprint density at radius 3 is 2.52 bits per heavy atom. The predicted octanol–water partition coefficient (Wildman–Crippen LogP) is 0.494. The molecule has 0 saturated carbocycles. The number of halogens is 1. The van der Waals surface area contributed by atoms with E-state index >= 15 is 0 Å². The van der Waals surface area contributed by atoms with Crippen molar-refractivity contribution in [2.45, 2.75) is 17.9 Å². The number of benzene rings is 1. The van der Waals surface area contributed by atoms with Crippen LogP contribution >= 0.6 is 0 Å². The molecule has 0 aliphatic heterocycles. The summed E-state index contributed by atoms with van der Waals surface area (Å²) in [6, 6.07) is -0.402. The lowest BCUT2D eigenvalue weighted by atomic mass is 10.3. The molecule has 2 N–H and O–H groups in total. The highest BCUT2D eigenvalue weighted by molar-refractivity contribution is 7.89. The van der Waals surface area contributed by atoms with Crippen LogP contribution < -0.4 is 9.46 Å². The highest BCUT2D eigenvalue weighted by Crippen LogP contribution is 2.32. The number of ether oxygens (including phenoxy) is 1. The number of aliphatic carboxylic acids is 1. The first-order valence-corrected chi connectivity index (χ1v) is 6.85. The number of hydrogen-bond acceptors (Lipinski definition) is 6. The molecule has 0 fully saturated rings. The maximum Gasteiger partial charge on any atom is 0.321 e. The average Bonchev–Trinajstić information content (AvgIpc) is 2.36. The third-order valence-corrected chi connectivity index (χ3v) is 3.93. The van der Waals surface area contributed by atoms with Crippen LogP contribution in [0.2, 0.25) is 0 Å². The van der Waals surface area contributed by atoms with Crippen molar-refractivity contribution in [3.63, 3.8) is 0 Å². The number of carboxylic acid groups (broad SMARTS) is 1. The highest BCUT2D eigenvalue weighted by Gasteiger charge is 2.28. The Morgan fingerprint density at radius 1 is 1.52 bits per heavy atom. The van der Waals surface area contributed by atoms with Crippen LogP contribution in [0.1, 0.15) is 6.92 Å². The fraction of sp³-hybridized carbons (Fsp3) is 0.300. The molecule has 0 radical (unpaired) electrons. The molecular weight excluding hydrogens is 311 g/mol. The number of nitro benzene ring substituents is 1. The molecule has 1 unspecified atom stereocenters. The molecule has 1 rings (SSSR count). The van der Waals surface area contributed by atoms with Crippen molar-refractivity contribution in [1.82, 2.24) is 4.72 Å². The number of carbonyl (C=O) groups is 1. The molecule has 11 heteroatoms. The van der Waals surface area contributed by atoms with Crippen LogP contribution in [0.5, 0.6) is 5.75 Å². The van der Waals surface area contributed by atoms with Crippen LogP contribution in [-0.2, 0) is 14.8 Å². The molecule has 0 amide bonds. The lowest BCUT2D eigenvalue weighted by Gasteiger charge is -2.11. The molecule has 1 aromatic carbocycles. The van der Waals surface area contributed by atoms with Gasteiger partial charge in [-0.25, -0.2) is 12.8 Å². The summed E-state index contributed by atoms with van der Waals surface area (Å²) in [7, 11) is -3.45. The zero-order valence-corrected chi connectivity index (χ0v) is 11.7. The van der Waals surface area contributed by atoms with E-state index < -0.39 is 49.1 Å². The van der Waals surface area contributed by atoms with Gasteiger partial charge in [0, 0.05) is 6.07 Å². The number of nitrogens with zero attached hydrogens (tertiary/aromatic N) is 1. The van der Waals surface area contributed by atoms with Gasteiger partial charge in [-0.05, 0) is 13.0 Å². The first kappa shape index (κ1) is 16.8. The van der Waals surface area contributed by atoms with Crippen molar-refractivity contribution in [1.29, 1.82) is 0 Å². The Balaban J connectivity index is 3.38. The van der Waals surface area contributed by atoms with E-state index in [2.05, 4.69) is 4.74 Å². The molecule has 1 aromatic rings.